The number of nitrogens with zero attached hydrogens (tertiary/aromatic N) is 2. The van der Waals surface area contributed by atoms with Crippen molar-refractivity contribution in [1.82, 2.24) is 15.1 Å². The molecule has 2 N–H and O–H groups in total. The number of hydrogen-bond donors (Lipinski definition) is 2. The highest BCUT2D eigenvalue weighted by atomic mass is 16.4. The normalized spacial score (nSPS) is 10.2. The van der Waals surface area contributed by atoms with E-state index in [1.54, 1.807) is 23.0 Å². The zero-order valence-electron chi connectivity index (χ0n) is 11.0. The maximum atomic E-state index is 12.0. The van der Waals surface area contributed by atoms with E-state index in [9.17, 15) is 9.59 Å². The van der Waals surface area contributed by atoms with Crippen LogP contribution >= 0.6 is 0 Å². The lowest BCUT2D eigenvalue weighted by Crippen LogP contribution is -2.27. The molecule has 0 saturated heterocycles. The molecule has 0 radical (unpaired) electrons. The topological polar surface area (TPSA) is 84.2 Å². The summed E-state index contributed by atoms with van der Waals surface area (Å²) in [4.78, 5) is 23.0. The Hall–Kier alpha value is -2.63. The average molecular weight is 273 g/mol. The van der Waals surface area contributed by atoms with Crippen molar-refractivity contribution < 1.29 is 14.7 Å². The molecule has 0 fully saturated rings. The second-order valence-electron chi connectivity index (χ2n) is 4.30. The number of aromatic carboxylic acids is 1. The maximum Gasteiger partial charge on any atom is 0.336 e. The molecule has 0 aliphatic carbocycles. The molecule has 2 rings (SSSR count). The fourth-order valence-corrected chi connectivity index (χ4v) is 1.91. The summed E-state index contributed by atoms with van der Waals surface area (Å²) in [5.41, 5.74) is 1.17. The summed E-state index contributed by atoms with van der Waals surface area (Å²) in [7, 11) is 1.83. The molecular formula is C14H15N3O3. The summed E-state index contributed by atoms with van der Waals surface area (Å²) in [6.07, 6.45) is 2.33. The van der Waals surface area contributed by atoms with Crippen molar-refractivity contribution in [2.75, 3.05) is 6.54 Å². The summed E-state index contributed by atoms with van der Waals surface area (Å²) < 4.78 is 1.73. The van der Waals surface area contributed by atoms with Crippen LogP contribution in [-0.2, 0) is 13.5 Å². The number of aryl methyl sites for hydroxylation is 1. The number of hydrogen-bond acceptors (Lipinski definition) is 3. The van der Waals surface area contributed by atoms with Crippen LogP contribution in [0.1, 0.15) is 26.4 Å². The first-order valence-electron chi connectivity index (χ1n) is 6.17. The Morgan fingerprint density at radius 1 is 1.25 bits per heavy atom. The molecule has 6 heteroatoms. The smallest absolute Gasteiger partial charge is 0.336 e. The minimum absolute atomic E-state index is 0.00512. The molecule has 0 saturated carbocycles. The van der Waals surface area contributed by atoms with Gasteiger partial charge < -0.3 is 10.4 Å². The van der Waals surface area contributed by atoms with E-state index in [1.807, 2.05) is 13.1 Å². The standard InChI is InChI=1S/C14H15N3O3/c1-17-10(7-9-16-17)6-8-15-13(18)11-4-2-3-5-12(11)14(19)20/h2-5,7,9H,6,8H2,1H3,(H,15,18)(H,19,20). The third-order valence-corrected chi connectivity index (χ3v) is 2.99. The molecular weight excluding hydrogens is 258 g/mol. The van der Waals surface area contributed by atoms with E-state index in [0.29, 0.717) is 13.0 Å². The van der Waals surface area contributed by atoms with Gasteiger partial charge in [-0.2, -0.15) is 5.10 Å². The molecule has 104 valence electrons. The molecule has 1 heterocycles. The zero-order valence-corrected chi connectivity index (χ0v) is 11.0. The number of carboxylic acid groups (broad SMARTS) is 1. The highest BCUT2D eigenvalue weighted by Crippen LogP contribution is 2.08. The molecule has 0 atom stereocenters. The number of nitrogens with one attached hydrogen (secondary N) is 1. The molecule has 1 amide bonds. The number of carboxylic acids is 1. The Labute approximate surface area is 116 Å². The first-order valence-corrected chi connectivity index (χ1v) is 6.17. The first kappa shape index (κ1) is 13.8. The molecule has 0 aliphatic rings. The Bertz CT molecular complexity index is 634. The Morgan fingerprint density at radius 3 is 2.55 bits per heavy atom. The number of aromatic nitrogens is 2. The van der Waals surface area contributed by atoms with Crippen LogP contribution in [0.4, 0.5) is 0 Å². The molecule has 0 spiro atoms. The minimum atomic E-state index is -1.11. The number of carbonyl (C=O) groups is 2. The Balaban J connectivity index is 1.99. The summed E-state index contributed by atoms with van der Waals surface area (Å²) in [5.74, 6) is -1.49. The molecule has 0 aliphatic heterocycles. The second-order valence-corrected chi connectivity index (χ2v) is 4.30. The average Bonchev–Trinajstić information content (AvgIpc) is 2.84. The van der Waals surface area contributed by atoms with Crippen LogP contribution in [0.25, 0.3) is 0 Å². The highest BCUT2D eigenvalue weighted by molar-refractivity contribution is 6.04. The molecule has 2 aromatic rings. The van der Waals surface area contributed by atoms with Crippen LogP contribution < -0.4 is 5.32 Å². The van der Waals surface area contributed by atoms with Crippen LogP contribution in [0.2, 0.25) is 0 Å². The third kappa shape index (κ3) is 3.03. The monoisotopic (exact) mass is 273 g/mol. The van der Waals surface area contributed by atoms with Crippen molar-refractivity contribution in [3.63, 3.8) is 0 Å². The number of rotatable bonds is 5. The van der Waals surface area contributed by atoms with Crippen molar-refractivity contribution in [2.24, 2.45) is 7.05 Å². The van der Waals surface area contributed by atoms with Gasteiger partial charge in [-0.25, -0.2) is 4.79 Å². The largest absolute Gasteiger partial charge is 0.478 e. The van der Waals surface area contributed by atoms with Gasteiger partial charge in [0.15, 0.2) is 0 Å². The fraction of sp³-hybridized carbons (Fsp3) is 0.214. The van der Waals surface area contributed by atoms with Gasteiger partial charge in [0.05, 0.1) is 11.1 Å². The van der Waals surface area contributed by atoms with Crippen LogP contribution in [0.3, 0.4) is 0 Å². The Kier molecular flexibility index (Phi) is 4.14. The number of amides is 1. The van der Waals surface area contributed by atoms with Crippen molar-refractivity contribution in [2.45, 2.75) is 6.42 Å². The number of benzene rings is 1. The van der Waals surface area contributed by atoms with Crippen LogP contribution in [0.15, 0.2) is 36.5 Å². The molecule has 0 bridgehead atoms. The number of carbonyl (C=O) groups excluding carboxylic acids is 1. The summed E-state index contributed by atoms with van der Waals surface area (Å²) >= 11 is 0. The molecule has 6 nitrogen and oxygen atoms in total. The van der Waals surface area contributed by atoms with Crippen LogP contribution in [-0.4, -0.2) is 33.3 Å². The molecule has 1 aromatic heterocycles. The summed E-state index contributed by atoms with van der Waals surface area (Å²) in [6.45, 7) is 0.423. The van der Waals surface area contributed by atoms with E-state index >= 15 is 0 Å². The molecule has 1 aromatic carbocycles. The predicted molar refractivity (Wildman–Crippen MR) is 72.6 cm³/mol. The van der Waals surface area contributed by atoms with E-state index in [0.717, 1.165) is 5.69 Å². The summed E-state index contributed by atoms with van der Waals surface area (Å²) in [6, 6.07) is 8.02. The van der Waals surface area contributed by atoms with Gasteiger partial charge in [0.2, 0.25) is 0 Å². The van der Waals surface area contributed by atoms with E-state index in [-0.39, 0.29) is 17.0 Å². The van der Waals surface area contributed by atoms with Crippen molar-refractivity contribution in [1.29, 1.82) is 0 Å². The van der Waals surface area contributed by atoms with E-state index in [1.165, 1.54) is 12.1 Å². The van der Waals surface area contributed by atoms with Gasteiger partial charge in [0.25, 0.3) is 5.91 Å². The van der Waals surface area contributed by atoms with Gasteiger partial charge in [0, 0.05) is 31.9 Å². The lowest BCUT2D eigenvalue weighted by atomic mass is 10.1. The fourth-order valence-electron chi connectivity index (χ4n) is 1.91. The first-order chi connectivity index (χ1) is 9.59. The quantitative estimate of drug-likeness (QED) is 0.854. The SMILES string of the molecule is Cn1nccc1CCNC(=O)c1ccccc1C(=O)O. The lowest BCUT2D eigenvalue weighted by Gasteiger charge is -2.07. The second kappa shape index (κ2) is 6.01. The van der Waals surface area contributed by atoms with Crippen molar-refractivity contribution in [3.05, 3.63) is 53.3 Å². The van der Waals surface area contributed by atoms with Gasteiger partial charge in [-0.15, -0.1) is 0 Å². The molecule has 20 heavy (non-hydrogen) atoms. The van der Waals surface area contributed by atoms with Crippen LogP contribution in [0.5, 0.6) is 0 Å². The minimum Gasteiger partial charge on any atom is -0.478 e. The van der Waals surface area contributed by atoms with E-state index < -0.39 is 5.97 Å². The van der Waals surface area contributed by atoms with Crippen molar-refractivity contribution >= 4 is 11.9 Å². The van der Waals surface area contributed by atoms with Crippen LogP contribution in [0, 0.1) is 0 Å². The van der Waals surface area contributed by atoms with Crippen molar-refractivity contribution in [3.8, 4) is 0 Å². The van der Waals surface area contributed by atoms with Gasteiger partial charge >= 0.3 is 5.97 Å². The zero-order chi connectivity index (χ0) is 14.5. The molecule has 0 unspecified atom stereocenters. The maximum absolute atomic E-state index is 12.0. The van der Waals surface area contributed by atoms with Gasteiger partial charge in [-0.3, -0.25) is 9.48 Å². The Morgan fingerprint density at radius 2 is 1.95 bits per heavy atom. The van der Waals surface area contributed by atoms with Gasteiger partial charge in [0.1, 0.15) is 0 Å². The van der Waals surface area contributed by atoms with E-state index in [2.05, 4.69) is 10.4 Å². The third-order valence-electron chi connectivity index (χ3n) is 2.99. The lowest BCUT2D eigenvalue weighted by molar-refractivity contribution is 0.0691. The van der Waals surface area contributed by atoms with Gasteiger partial charge in [-0.1, -0.05) is 12.1 Å². The van der Waals surface area contributed by atoms with E-state index in [4.69, 9.17) is 5.11 Å². The summed E-state index contributed by atoms with van der Waals surface area (Å²) in [5, 5.41) is 15.8. The predicted octanol–water partition coefficient (Wildman–Crippen LogP) is 1.09. The highest BCUT2D eigenvalue weighted by Gasteiger charge is 2.15. The van der Waals surface area contributed by atoms with Gasteiger partial charge in [-0.05, 0) is 18.2 Å².